The van der Waals surface area contributed by atoms with Gasteiger partial charge in [-0.05, 0) is 29.8 Å². The van der Waals surface area contributed by atoms with E-state index in [1.54, 1.807) is 12.1 Å². The fourth-order valence-corrected chi connectivity index (χ4v) is 1.69. The van der Waals surface area contributed by atoms with Crippen LogP contribution in [0, 0.1) is 11.6 Å². The molecule has 2 aromatic rings. The van der Waals surface area contributed by atoms with E-state index >= 15 is 0 Å². The first-order valence-electron chi connectivity index (χ1n) is 5.21. The number of ether oxygens (including phenoxy) is 1. The Hall–Kier alpha value is -1.65. The minimum Gasteiger partial charge on any atom is -0.454 e. The topological polar surface area (TPSA) is 35.2 Å². The number of benzene rings is 2. The third kappa shape index (κ3) is 2.78. The number of nitrogens with two attached hydrogens (primary N) is 1. The molecule has 0 aliphatic rings. The first kappa shape index (κ1) is 12.8. The van der Waals surface area contributed by atoms with Gasteiger partial charge in [-0.25, -0.2) is 8.78 Å². The highest BCUT2D eigenvalue weighted by atomic mass is 35.5. The van der Waals surface area contributed by atoms with Crippen LogP contribution >= 0.6 is 11.6 Å². The van der Waals surface area contributed by atoms with Crippen LogP contribution in [0.25, 0.3) is 0 Å². The van der Waals surface area contributed by atoms with Crippen LogP contribution in [-0.2, 0) is 6.54 Å². The van der Waals surface area contributed by atoms with Gasteiger partial charge in [-0.15, -0.1) is 0 Å². The van der Waals surface area contributed by atoms with Crippen molar-refractivity contribution in [2.24, 2.45) is 5.73 Å². The van der Waals surface area contributed by atoms with Gasteiger partial charge in [0.25, 0.3) is 0 Å². The molecule has 0 spiro atoms. The van der Waals surface area contributed by atoms with Gasteiger partial charge >= 0.3 is 0 Å². The van der Waals surface area contributed by atoms with E-state index in [1.165, 1.54) is 12.1 Å². The number of rotatable bonds is 3. The predicted octanol–water partition coefficient (Wildman–Crippen LogP) is 3.87. The molecule has 2 N–H and O–H groups in total. The maximum absolute atomic E-state index is 13.4. The first-order chi connectivity index (χ1) is 8.60. The summed E-state index contributed by atoms with van der Waals surface area (Å²) in [5, 5.41) is 0.442. The molecule has 0 amide bonds. The molecule has 2 nitrogen and oxygen atoms in total. The van der Waals surface area contributed by atoms with Crippen LogP contribution in [0.2, 0.25) is 5.02 Å². The predicted molar refractivity (Wildman–Crippen MR) is 65.8 cm³/mol. The molecule has 0 aliphatic carbocycles. The van der Waals surface area contributed by atoms with Gasteiger partial charge in [0, 0.05) is 17.6 Å². The van der Waals surface area contributed by atoms with Gasteiger partial charge in [-0.2, -0.15) is 0 Å². The molecule has 0 heterocycles. The lowest BCUT2D eigenvalue weighted by Gasteiger charge is -2.08. The first-order valence-corrected chi connectivity index (χ1v) is 5.59. The smallest absolute Gasteiger partial charge is 0.168 e. The highest BCUT2D eigenvalue weighted by Gasteiger charge is 2.07. The summed E-state index contributed by atoms with van der Waals surface area (Å²) in [5.74, 6) is -1.12. The molecule has 18 heavy (non-hydrogen) atoms. The quantitative estimate of drug-likeness (QED) is 0.918. The minimum absolute atomic E-state index is 0.0621. The zero-order valence-corrected chi connectivity index (χ0v) is 10.0. The molecule has 0 aliphatic heterocycles. The second-order valence-corrected chi connectivity index (χ2v) is 4.04. The Morgan fingerprint density at radius 3 is 2.50 bits per heavy atom. The second kappa shape index (κ2) is 5.33. The van der Waals surface area contributed by atoms with Crippen LogP contribution in [0.5, 0.6) is 11.5 Å². The minimum atomic E-state index is -0.769. The summed E-state index contributed by atoms with van der Waals surface area (Å²) in [6, 6.07) is 7.94. The fourth-order valence-electron chi connectivity index (χ4n) is 1.44. The van der Waals surface area contributed by atoms with Crippen molar-refractivity contribution in [2.45, 2.75) is 6.54 Å². The summed E-state index contributed by atoms with van der Waals surface area (Å²) in [5.41, 5.74) is 6.23. The molecule has 0 aromatic heterocycles. The molecule has 5 heteroatoms. The maximum atomic E-state index is 13.4. The normalized spacial score (nSPS) is 10.4. The molecule has 2 rings (SSSR count). The summed E-state index contributed by atoms with van der Waals surface area (Å²) >= 11 is 5.95. The maximum Gasteiger partial charge on any atom is 0.168 e. The van der Waals surface area contributed by atoms with Crippen LogP contribution in [0.15, 0.2) is 36.4 Å². The Morgan fingerprint density at radius 1 is 1.11 bits per heavy atom. The lowest BCUT2D eigenvalue weighted by atomic mass is 10.2. The van der Waals surface area contributed by atoms with Crippen LogP contribution in [0.4, 0.5) is 8.78 Å². The van der Waals surface area contributed by atoms with E-state index in [1.807, 2.05) is 0 Å². The van der Waals surface area contributed by atoms with Gasteiger partial charge in [0.05, 0.1) is 0 Å². The monoisotopic (exact) mass is 269 g/mol. The summed E-state index contributed by atoms with van der Waals surface area (Å²) in [6.45, 7) is 0.310. The standard InChI is InChI=1S/C13H10ClF2NO/c14-11-6-10(3-1-8(11)7-17)18-13-4-2-9(15)5-12(13)16/h1-6H,7,17H2. The van der Waals surface area contributed by atoms with Crippen molar-refractivity contribution in [3.63, 3.8) is 0 Å². The zero-order chi connectivity index (χ0) is 13.1. The van der Waals surface area contributed by atoms with Crippen molar-refractivity contribution in [3.05, 3.63) is 58.6 Å². The highest BCUT2D eigenvalue weighted by Crippen LogP contribution is 2.28. The summed E-state index contributed by atoms with van der Waals surface area (Å²) < 4.78 is 31.4. The Labute approximate surface area is 108 Å². The summed E-state index contributed by atoms with van der Waals surface area (Å²) in [4.78, 5) is 0. The number of hydrogen-bond donors (Lipinski definition) is 1. The Balaban J connectivity index is 2.26. The van der Waals surface area contributed by atoms with Crippen molar-refractivity contribution < 1.29 is 13.5 Å². The molecule has 0 saturated carbocycles. The molecule has 94 valence electrons. The molecule has 0 unspecified atom stereocenters. The fraction of sp³-hybridized carbons (Fsp3) is 0.0769. The number of halogens is 3. The second-order valence-electron chi connectivity index (χ2n) is 3.63. The SMILES string of the molecule is NCc1ccc(Oc2ccc(F)cc2F)cc1Cl. The van der Waals surface area contributed by atoms with Crippen LogP contribution in [0.1, 0.15) is 5.56 Å². The van der Waals surface area contributed by atoms with Crippen molar-refractivity contribution in [3.8, 4) is 11.5 Å². The van der Waals surface area contributed by atoms with Crippen molar-refractivity contribution in [1.82, 2.24) is 0 Å². The zero-order valence-electron chi connectivity index (χ0n) is 9.29. The lowest BCUT2D eigenvalue weighted by molar-refractivity contribution is 0.437. The van der Waals surface area contributed by atoms with E-state index in [4.69, 9.17) is 22.1 Å². The average molecular weight is 270 g/mol. The summed E-state index contributed by atoms with van der Waals surface area (Å²) in [7, 11) is 0. The molecule has 0 fully saturated rings. The third-order valence-electron chi connectivity index (χ3n) is 2.37. The third-order valence-corrected chi connectivity index (χ3v) is 2.72. The van der Waals surface area contributed by atoms with Gasteiger partial charge in [-0.1, -0.05) is 17.7 Å². The van der Waals surface area contributed by atoms with E-state index in [0.717, 1.165) is 17.7 Å². The molecular formula is C13H10ClF2NO. The Kier molecular flexibility index (Phi) is 3.79. The van der Waals surface area contributed by atoms with E-state index in [-0.39, 0.29) is 5.75 Å². The Bertz CT molecular complexity index is 575. The average Bonchev–Trinajstić information content (AvgIpc) is 2.33. The molecule has 0 bridgehead atoms. The van der Waals surface area contributed by atoms with Crippen LogP contribution < -0.4 is 10.5 Å². The van der Waals surface area contributed by atoms with Crippen molar-refractivity contribution >= 4 is 11.6 Å². The van der Waals surface area contributed by atoms with E-state index < -0.39 is 11.6 Å². The van der Waals surface area contributed by atoms with Crippen LogP contribution in [-0.4, -0.2) is 0 Å². The van der Waals surface area contributed by atoms with Gasteiger partial charge in [0.2, 0.25) is 0 Å². The molecule has 0 saturated heterocycles. The van der Waals surface area contributed by atoms with E-state index in [0.29, 0.717) is 17.3 Å². The Morgan fingerprint density at radius 2 is 1.89 bits per heavy atom. The van der Waals surface area contributed by atoms with Gasteiger partial charge in [0.15, 0.2) is 11.6 Å². The molecular weight excluding hydrogens is 260 g/mol. The van der Waals surface area contributed by atoms with Crippen molar-refractivity contribution in [2.75, 3.05) is 0 Å². The van der Waals surface area contributed by atoms with Gasteiger partial charge < -0.3 is 10.5 Å². The highest BCUT2D eigenvalue weighted by molar-refractivity contribution is 6.31. The molecule has 2 aromatic carbocycles. The largest absolute Gasteiger partial charge is 0.454 e. The lowest BCUT2D eigenvalue weighted by Crippen LogP contribution is -1.97. The summed E-state index contributed by atoms with van der Waals surface area (Å²) in [6.07, 6.45) is 0. The number of hydrogen-bond acceptors (Lipinski definition) is 2. The van der Waals surface area contributed by atoms with Gasteiger partial charge in [-0.3, -0.25) is 0 Å². The van der Waals surface area contributed by atoms with Gasteiger partial charge in [0.1, 0.15) is 11.6 Å². The molecule has 0 atom stereocenters. The van der Waals surface area contributed by atoms with E-state index in [2.05, 4.69) is 0 Å². The van der Waals surface area contributed by atoms with E-state index in [9.17, 15) is 8.78 Å². The van der Waals surface area contributed by atoms with Crippen LogP contribution in [0.3, 0.4) is 0 Å². The molecule has 0 radical (unpaired) electrons. The van der Waals surface area contributed by atoms with Crippen molar-refractivity contribution in [1.29, 1.82) is 0 Å².